The Morgan fingerprint density at radius 1 is 1.60 bits per heavy atom. The Labute approximate surface area is 61.0 Å². The molecule has 2 nitrogen and oxygen atoms in total. The van der Waals surface area contributed by atoms with Gasteiger partial charge in [-0.25, -0.2) is 0 Å². The fraction of sp³-hybridized carbons (Fsp3) is 0.875. The van der Waals surface area contributed by atoms with E-state index in [0.717, 1.165) is 13.0 Å². The summed E-state index contributed by atoms with van der Waals surface area (Å²) in [5.41, 5.74) is 0. The second-order valence-corrected chi connectivity index (χ2v) is 3.52. The highest BCUT2D eigenvalue weighted by molar-refractivity contribution is 5.88. The van der Waals surface area contributed by atoms with Crippen molar-refractivity contribution in [2.75, 3.05) is 6.54 Å². The van der Waals surface area contributed by atoms with Crippen molar-refractivity contribution in [1.29, 1.82) is 0 Å². The highest BCUT2D eigenvalue weighted by Crippen LogP contribution is 2.33. The summed E-state index contributed by atoms with van der Waals surface area (Å²) in [6.07, 6.45) is 2.33. The lowest BCUT2D eigenvalue weighted by Crippen LogP contribution is -2.31. The van der Waals surface area contributed by atoms with Crippen molar-refractivity contribution in [3.63, 3.8) is 0 Å². The number of hydrogen-bond acceptors (Lipinski definition) is 2. The van der Waals surface area contributed by atoms with Crippen LogP contribution in [0.4, 0.5) is 0 Å². The summed E-state index contributed by atoms with van der Waals surface area (Å²) in [6.45, 7) is 3.09. The van der Waals surface area contributed by atoms with Crippen LogP contribution in [0.2, 0.25) is 0 Å². The second-order valence-electron chi connectivity index (χ2n) is 3.52. The Morgan fingerprint density at radius 2 is 2.40 bits per heavy atom. The van der Waals surface area contributed by atoms with Gasteiger partial charge in [0.2, 0.25) is 0 Å². The second kappa shape index (κ2) is 2.06. The van der Waals surface area contributed by atoms with Crippen LogP contribution in [0.25, 0.3) is 0 Å². The molecule has 0 amide bonds. The fourth-order valence-electron chi connectivity index (χ4n) is 2.22. The van der Waals surface area contributed by atoms with Crippen LogP contribution in [-0.4, -0.2) is 18.4 Å². The molecule has 2 rings (SSSR count). The zero-order valence-electron chi connectivity index (χ0n) is 6.26. The summed E-state index contributed by atoms with van der Waals surface area (Å²) in [6, 6.07) is 0.231. The van der Waals surface area contributed by atoms with Gasteiger partial charge in [0.15, 0.2) is 5.78 Å². The van der Waals surface area contributed by atoms with Crippen LogP contribution in [0, 0.1) is 11.8 Å². The van der Waals surface area contributed by atoms with Crippen LogP contribution >= 0.6 is 0 Å². The minimum Gasteiger partial charge on any atom is -0.307 e. The van der Waals surface area contributed by atoms with E-state index in [-0.39, 0.29) is 6.04 Å². The van der Waals surface area contributed by atoms with E-state index >= 15 is 0 Å². The molecule has 1 saturated heterocycles. The molecule has 2 aliphatic rings. The molecule has 0 spiro atoms. The summed E-state index contributed by atoms with van der Waals surface area (Å²) in [4.78, 5) is 11.3. The van der Waals surface area contributed by atoms with Gasteiger partial charge in [-0.05, 0) is 25.3 Å². The minimum atomic E-state index is 0.231. The Balaban J connectivity index is 2.17. The third kappa shape index (κ3) is 0.717. The standard InChI is InChI=1S/C8H13NO/c1-5-4-6-2-3-9-7(6)8(5)10/h5-7,9H,2-4H2,1H3. The molecule has 10 heavy (non-hydrogen) atoms. The average molecular weight is 139 g/mol. The third-order valence-electron chi connectivity index (χ3n) is 2.80. The van der Waals surface area contributed by atoms with Crippen LogP contribution in [0.1, 0.15) is 19.8 Å². The monoisotopic (exact) mass is 139 g/mol. The van der Waals surface area contributed by atoms with Gasteiger partial charge in [-0.1, -0.05) is 6.92 Å². The smallest absolute Gasteiger partial charge is 0.152 e. The number of hydrogen-bond donors (Lipinski definition) is 1. The molecule has 1 saturated carbocycles. The van der Waals surface area contributed by atoms with Gasteiger partial charge >= 0.3 is 0 Å². The molecule has 0 aromatic rings. The van der Waals surface area contributed by atoms with E-state index < -0.39 is 0 Å². The summed E-state index contributed by atoms with van der Waals surface area (Å²) >= 11 is 0. The van der Waals surface area contributed by atoms with Gasteiger partial charge < -0.3 is 5.32 Å². The van der Waals surface area contributed by atoms with E-state index in [4.69, 9.17) is 0 Å². The zero-order valence-corrected chi connectivity index (χ0v) is 6.26. The van der Waals surface area contributed by atoms with Crippen molar-refractivity contribution in [1.82, 2.24) is 5.32 Å². The van der Waals surface area contributed by atoms with Crippen molar-refractivity contribution in [3.05, 3.63) is 0 Å². The molecular formula is C8H13NO. The molecule has 3 atom stereocenters. The Kier molecular flexibility index (Phi) is 1.31. The van der Waals surface area contributed by atoms with Crippen LogP contribution < -0.4 is 5.32 Å². The van der Waals surface area contributed by atoms with E-state index in [1.54, 1.807) is 0 Å². The number of carbonyl (C=O) groups is 1. The van der Waals surface area contributed by atoms with Gasteiger partial charge in [-0.15, -0.1) is 0 Å². The van der Waals surface area contributed by atoms with Crippen molar-refractivity contribution in [2.45, 2.75) is 25.8 Å². The summed E-state index contributed by atoms with van der Waals surface area (Å²) in [7, 11) is 0. The Morgan fingerprint density at radius 3 is 3.10 bits per heavy atom. The molecular weight excluding hydrogens is 126 g/mol. The predicted octanol–water partition coefficient (Wildman–Crippen LogP) is 0.573. The highest BCUT2D eigenvalue weighted by Gasteiger charge is 2.41. The fourth-order valence-corrected chi connectivity index (χ4v) is 2.22. The highest BCUT2D eigenvalue weighted by atomic mass is 16.1. The lowest BCUT2D eigenvalue weighted by Gasteiger charge is -2.04. The maximum Gasteiger partial charge on any atom is 0.152 e. The maximum absolute atomic E-state index is 11.3. The van der Waals surface area contributed by atoms with Crippen LogP contribution in [0.15, 0.2) is 0 Å². The van der Waals surface area contributed by atoms with Crippen molar-refractivity contribution in [2.24, 2.45) is 11.8 Å². The molecule has 1 aliphatic heterocycles. The van der Waals surface area contributed by atoms with Gasteiger partial charge in [0.1, 0.15) is 0 Å². The zero-order chi connectivity index (χ0) is 7.14. The molecule has 0 bridgehead atoms. The molecule has 1 N–H and O–H groups in total. The van der Waals surface area contributed by atoms with E-state index in [0.29, 0.717) is 17.6 Å². The number of fused-ring (bicyclic) bond motifs is 1. The largest absolute Gasteiger partial charge is 0.307 e. The molecule has 2 heteroatoms. The van der Waals surface area contributed by atoms with Crippen molar-refractivity contribution >= 4 is 5.78 Å². The average Bonchev–Trinajstić information content (AvgIpc) is 2.41. The molecule has 2 fully saturated rings. The number of ketones is 1. The lowest BCUT2D eigenvalue weighted by atomic mass is 10.0. The number of nitrogens with one attached hydrogen (secondary N) is 1. The summed E-state index contributed by atoms with van der Waals surface area (Å²) < 4.78 is 0. The van der Waals surface area contributed by atoms with E-state index in [2.05, 4.69) is 5.32 Å². The van der Waals surface area contributed by atoms with Crippen molar-refractivity contribution < 1.29 is 4.79 Å². The van der Waals surface area contributed by atoms with Crippen LogP contribution in [-0.2, 0) is 4.79 Å². The first-order valence-corrected chi connectivity index (χ1v) is 4.06. The molecule has 1 aliphatic carbocycles. The summed E-state index contributed by atoms with van der Waals surface area (Å²) in [5.74, 6) is 1.44. The van der Waals surface area contributed by atoms with Gasteiger partial charge in [0.05, 0.1) is 6.04 Å². The lowest BCUT2D eigenvalue weighted by molar-refractivity contribution is -0.121. The molecule has 0 aromatic carbocycles. The minimum absolute atomic E-state index is 0.231. The first kappa shape index (κ1) is 6.35. The van der Waals surface area contributed by atoms with E-state index in [1.807, 2.05) is 6.92 Å². The number of carbonyl (C=O) groups excluding carboxylic acids is 1. The topological polar surface area (TPSA) is 29.1 Å². The van der Waals surface area contributed by atoms with Gasteiger partial charge in [0, 0.05) is 5.92 Å². The van der Waals surface area contributed by atoms with Crippen molar-refractivity contribution in [3.8, 4) is 0 Å². The predicted molar refractivity (Wildman–Crippen MR) is 38.7 cm³/mol. The Bertz CT molecular complexity index is 167. The number of rotatable bonds is 0. The maximum atomic E-state index is 11.3. The van der Waals surface area contributed by atoms with Gasteiger partial charge in [0.25, 0.3) is 0 Å². The van der Waals surface area contributed by atoms with E-state index in [1.165, 1.54) is 6.42 Å². The molecule has 0 aromatic heterocycles. The first-order valence-electron chi connectivity index (χ1n) is 4.06. The Hall–Kier alpha value is -0.370. The first-order chi connectivity index (χ1) is 4.79. The van der Waals surface area contributed by atoms with Gasteiger partial charge in [-0.3, -0.25) is 4.79 Å². The van der Waals surface area contributed by atoms with Gasteiger partial charge in [-0.2, -0.15) is 0 Å². The SMILES string of the molecule is CC1CC2CCNC2C1=O. The van der Waals surface area contributed by atoms with Crippen LogP contribution in [0.5, 0.6) is 0 Å². The molecule has 1 heterocycles. The molecule has 3 unspecified atom stereocenters. The van der Waals surface area contributed by atoms with E-state index in [9.17, 15) is 4.79 Å². The third-order valence-corrected chi connectivity index (χ3v) is 2.80. The molecule has 0 radical (unpaired) electrons. The summed E-state index contributed by atoms with van der Waals surface area (Å²) in [5, 5.41) is 3.25. The number of Topliss-reactive ketones (excluding diaryl/α,β-unsaturated/α-hetero) is 1. The molecule has 56 valence electrons. The van der Waals surface area contributed by atoms with Crippen LogP contribution in [0.3, 0.4) is 0 Å². The normalized spacial score (nSPS) is 46.1. The quantitative estimate of drug-likeness (QED) is 0.531.